The zero-order valence-electron chi connectivity index (χ0n) is 15.1. The first kappa shape index (κ1) is 19.2. The van der Waals surface area contributed by atoms with E-state index < -0.39 is 5.56 Å². The maximum atomic E-state index is 12.3. The molecule has 7 nitrogen and oxygen atoms in total. The number of hydrogen-bond donors (Lipinski definition) is 3. The Labute approximate surface area is 173 Å². The number of para-hydroxylation sites is 1. The van der Waals surface area contributed by atoms with Crippen LogP contribution in [0.5, 0.6) is 5.88 Å². The monoisotopic (exact) mass is 424 g/mol. The molecule has 0 aliphatic carbocycles. The molecule has 2 heterocycles. The lowest BCUT2D eigenvalue weighted by Gasteiger charge is -2.06. The number of aromatic nitrogens is 3. The van der Waals surface area contributed by atoms with Gasteiger partial charge in [0.2, 0.25) is 11.8 Å². The Hall–Kier alpha value is -3.17. The fourth-order valence-electron chi connectivity index (χ4n) is 2.71. The highest BCUT2D eigenvalue weighted by Crippen LogP contribution is 2.26. The van der Waals surface area contributed by atoms with Crippen molar-refractivity contribution in [2.45, 2.75) is 11.6 Å². The summed E-state index contributed by atoms with van der Waals surface area (Å²) >= 11 is 2.43. The van der Waals surface area contributed by atoms with E-state index in [1.807, 2.05) is 54.6 Å². The maximum Gasteiger partial charge on any atom is 0.258 e. The molecule has 0 spiro atoms. The Kier molecular flexibility index (Phi) is 5.59. The van der Waals surface area contributed by atoms with Gasteiger partial charge in [0.25, 0.3) is 5.56 Å². The van der Waals surface area contributed by atoms with Gasteiger partial charge in [0.05, 0.1) is 21.5 Å². The number of rotatable bonds is 6. The van der Waals surface area contributed by atoms with Crippen molar-refractivity contribution >= 4 is 44.4 Å². The van der Waals surface area contributed by atoms with Crippen LogP contribution in [0.15, 0.2) is 64.5 Å². The summed E-state index contributed by atoms with van der Waals surface area (Å²) in [7, 11) is 0. The van der Waals surface area contributed by atoms with Crippen molar-refractivity contribution in [3.05, 3.63) is 76.1 Å². The highest BCUT2D eigenvalue weighted by molar-refractivity contribution is 7.99. The molecular weight excluding hydrogens is 408 g/mol. The molecule has 2 aromatic heterocycles. The second-order valence-electron chi connectivity index (χ2n) is 6.16. The Morgan fingerprint density at radius 1 is 1.10 bits per heavy atom. The fourth-order valence-corrected chi connectivity index (χ4v) is 4.25. The topological polar surface area (TPSA) is 108 Å². The van der Waals surface area contributed by atoms with E-state index in [0.29, 0.717) is 5.13 Å². The molecule has 29 heavy (non-hydrogen) atoms. The largest absolute Gasteiger partial charge is 0.493 e. The molecule has 0 fully saturated rings. The van der Waals surface area contributed by atoms with Gasteiger partial charge in [-0.3, -0.25) is 9.59 Å². The number of nitrogens with one attached hydrogen (secondary N) is 2. The number of H-pyrrole nitrogens is 1. The molecule has 0 unspecified atom stereocenters. The predicted molar refractivity (Wildman–Crippen MR) is 115 cm³/mol. The lowest BCUT2D eigenvalue weighted by Crippen LogP contribution is -2.17. The normalized spacial score (nSPS) is 10.9. The van der Waals surface area contributed by atoms with E-state index >= 15 is 0 Å². The van der Waals surface area contributed by atoms with Crippen LogP contribution >= 0.6 is 23.1 Å². The minimum atomic E-state index is -0.421. The average molecular weight is 425 g/mol. The summed E-state index contributed by atoms with van der Waals surface area (Å²) < 4.78 is 0.986. The van der Waals surface area contributed by atoms with Crippen LogP contribution in [0.25, 0.3) is 10.2 Å². The number of carbonyl (C=O) groups is 1. The van der Waals surface area contributed by atoms with Crippen LogP contribution in [-0.4, -0.2) is 31.7 Å². The van der Waals surface area contributed by atoms with Gasteiger partial charge >= 0.3 is 0 Å². The molecular formula is C20H16N4O3S2. The van der Waals surface area contributed by atoms with Crippen molar-refractivity contribution in [3.8, 4) is 5.88 Å². The maximum absolute atomic E-state index is 12.3. The number of nitrogens with zero attached hydrogens (tertiary/aromatic N) is 2. The Bertz CT molecular complexity index is 1190. The number of benzene rings is 2. The van der Waals surface area contributed by atoms with Gasteiger partial charge in [-0.1, -0.05) is 65.6 Å². The van der Waals surface area contributed by atoms with Gasteiger partial charge in [-0.2, -0.15) is 4.98 Å². The SMILES string of the molecule is O=C(CSc1nc(O)c(Cc2ccccc2)c(=O)[nH]1)Nc1nc2ccccc2s1. The van der Waals surface area contributed by atoms with Crippen LogP contribution in [-0.2, 0) is 11.2 Å². The zero-order chi connectivity index (χ0) is 20.2. The lowest BCUT2D eigenvalue weighted by molar-refractivity contribution is -0.113. The summed E-state index contributed by atoms with van der Waals surface area (Å²) in [4.78, 5) is 35.5. The second-order valence-corrected chi connectivity index (χ2v) is 8.15. The molecule has 0 atom stereocenters. The molecule has 0 bridgehead atoms. The third-order valence-corrected chi connectivity index (χ3v) is 5.90. The Morgan fingerprint density at radius 3 is 2.62 bits per heavy atom. The third-order valence-electron chi connectivity index (χ3n) is 4.08. The smallest absolute Gasteiger partial charge is 0.258 e. The standard InChI is InChI=1S/C20H16N4O3S2/c25-16(22-20-21-14-8-4-5-9-15(14)29-20)11-28-19-23-17(26)13(18(27)24-19)10-12-6-2-1-3-7-12/h1-9H,10-11H2,(H,21,22,25)(H2,23,24,26,27). The van der Waals surface area contributed by atoms with Crippen molar-refractivity contribution in [3.63, 3.8) is 0 Å². The molecule has 3 N–H and O–H groups in total. The van der Waals surface area contributed by atoms with Crippen LogP contribution in [0.2, 0.25) is 0 Å². The molecule has 0 saturated carbocycles. The van der Waals surface area contributed by atoms with Crippen LogP contribution in [0.3, 0.4) is 0 Å². The number of fused-ring (bicyclic) bond motifs is 1. The minimum Gasteiger partial charge on any atom is -0.493 e. The van der Waals surface area contributed by atoms with Crippen molar-refractivity contribution in [2.24, 2.45) is 0 Å². The molecule has 0 aliphatic heterocycles. The molecule has 0 saturated heterocycles. The van der Waals surface area contributed by atoms with Crippen LogP contribution in [0.1, 0.15) is 11.1 Å². The van der Waals surface area contributed by atoms with Gasteiger partial charge in [0, 0.05) is 6.42 Å². The van der Waals surface area contributed by atoms with E-state index in [0.717, 1.165) is 27.5 Å². The number of thioether (sulfide) groups is 1. The molecule has 1 amide bonds. The third kappa shape index (κ3) is 4.64. The number of aromatic hydroxyl groups is 1. The Balaban J connectivity index is 1.40. The summed E-state index contributed by atoms with van der Waals surface area (Å²) in [6.07, 6.45) is 0.276. The van der Waals surface area contributed by atoms with E-state index in [-0.39, 0.29) is 34.7 Å². The highest BCUT2D eigenvalue weighted by Gasteiger charge is 2.14. The van der Waals surface area contributed by atoms with Gasteiger partial charge in [-0.15, -0.1) is 0 Å². The molecule has 2 aromatic carbocycles. The molecule has 146 valence electrons. The number of thiazole rings is 1. The fraction of sp³-hybridized carbons (Fsp3) is 0.100. The first-order valence-electron chi connectivity index (χ1n) is 8.73. The van der Waals surface area contributed by atoms with Gasteiger partial charge in [-0.25, -0.2) is 4.98 Å². The number of anilines is 1. The number of hydrogen-bond acceptors (Lipinski definition) is 7. The molecule has 0 aliphatic rings. The second kappa shape index (κ2) is 8.46. The van der Waals surface area contributed by atoms with E-state index in [4.69, 9.17) is 0 Å². The molecule has 0 radical (unpaired) electrons. The van der Waals surface area contributed by atoms with Crippen LogP contribution in [0, 0.1) is 0 Å². The van der Waals surface area contributed by atoms with E-state index in [9.17, 15) is 14.7 Å². The van der Waals surface area contributed by atoms with E-state index in [1.165, 1.54) is 11.3 Å². The van der Waals surface area contributed by atoms with Crippen molar-refractivity contribution < 1.29 is 9.90 Å². The van der Waals surface area contributed by atoms with Gasteiger partial charge in [-0.05, 0) is 17.7 Å². The minimum absolute atomic E-state index is 0.0241. The van der Waals surface area contributed by atoms with E-state index in [1.54, 1.807) is 0 Å². The zero-order valence-corrected chi connectivity index (χ0v) is 16.7. The first-order chi connectivity index (χ1) is 14.1. The predicted octanol–water partition coefficient (Wildman–Crippen LogP) is 3.41. The van der Waals surface area contributed by atoms with Gasteiger partial charge in [0.1, 0.15) is 0 Å². The molecule has 4 rings (SSSR count). The molecule has 4 aromatic rings. The number of amides is 1. The summed E-state index contributed by atoms with van der Waals surface area (Å²) in [5.74, 6) is -0.577. The van der Waals surface area contributed by atoms with E-state index in [2.05, 4.69) is 20.3 Å². The highest BCUT2D eigenvalue weighted by atomic mass is 32.2. The first-order valence-corrected chi connectivity index (χ1v) is 10.5. The van der Waals surface area contributed by atoms with Gasteiger partial charge in [0.15, 0.2) is 10.3 Å². The number of aromatic amines is 1. The van der Waals surface area contributed by atoms with Crippen LogP contribution in [0.4, 0.5) is 5.13 Å². The van der Waals surface area contributed by atoms with Crippen molar-refractivity contribution in [1.82, 2.24) is 15.0 Å². The summed E-state index contributed by atoms with van der Waals surface area (Å²) in [6, 6.07) is 17.0. The number of carbonyl (C=O) groups excluding carboxylic acids is 1. The van der Waals surface area contributed by atoms with Crippen molar-refractivity contribution in [1.29, 1.82) is 0 Å². The average Bonchev–Trinajstić information content (AvgIpc) is 3.12. The molecule has 9 heteroatoms. The summed E-state index contributed by atoms with van der Waals surface area (Å²) in [5, 5.41) is 13.6. The lowest BCUT2D eigenvalue weighted by atomic mass is 10.1. The van der Waals surface area contributed by atoms with Gasteiger partial charge < -0.3 is 15.4 Å². The summed E-state index contributed by atoms with van der Waals surface area (Å²) in [6.45, 7) is 0. The van der Waals surface area contributed by atoms with Crippen LogP contribution < -0.4 is 10.9 Å². The van der Waals surface area contributed by atoms with Crippen molar-refractivity contribution in [2.75, 3.05) is 11.1 Å². The Morgan fingerprint density at radius 2 is 1.86 bits per heavy atom. The quantitative estimate of drug-likeness (QED) is 0.323. The summed E-state index contributed by atoms with van der Waals surface area (Å²) in [5.41, 5.74) is 1.49.